The summed E-state index contributed by atoms with van der Waals surface area (Å²) in [6.45, 7) is 0.872. The van der Waals surface area contributed by atoms with E-state index in [9.17, 15) is 5.11 Å². The fraction of sp³-hybridized carbons (Fsp3) is 0.615. The lowest BCUT2D eigenvalue weighted by atomic mass is 10.0. The van der Waals surface area contributed by atoms with Gasteiger partial charge in [-0.05, 0) is 43.7 Å². The molecule has 1 saturated heterocycles. The molecule has 1 N–H and O–H groups in total. The van der Waals surface area contributed by atoms with E-state index >= 15 is 0 Å². The van der Waals surface area contributed by atoms with Crippen molar-refractivity contribution in [2.45, 2.75) is 44.3 Å². The highest BCUT2D eigenvalue weighted by Crippen LogP contribution is 2.20. The summed E-state index contributed by atoms with van der Waals surface area (Å²) in [5.74, 6) is 0. The van der Waals surface area contributed by atoms with Gasteiger partial charge in [-0.25, -0.2) is 0 Å². The molecule has 1 aromatic rings. The largest absolute Gasteiger partial charge is 0.393 e. The first-order chi connectivity index (χ1) is 8.25. The lowest BCUT2D eigenvalue weighted by Gasteiger charge is -2.14. The molecule has 0 aromatic carbocycles. The zero-order valence-corrected chi connectivity index (χ0v) is 10.6. The van der Waals surface area contributed by atoms with Crippen molar-refractivity contribution in [3.8, 4) is 0 Å². The van der Waals surface area contributed by atoms with Gasteiger partial charge in [0.15, 0.2) is 0 Å². The van der Waals surface area contributed by atoms with Crippen molar-refractivity contribution >= 4 is 11.6 Å². The summed E-state index contributed by atoms with van der Waals surface area (Å²) >= 11 is 6.00. The number of ether oxygens (including phenoxy) is 1. The summed E-state index contributed by atoms with van der Waals surface area (Å²) in [6, 6.07) is 1.86. The summed E-state index contributed by atoms with van der Waals surface area (Å²) < 4.78 is 5.53. The molecule has 1 fully saturated rings. The van der Waals surface area contributed by atoms with E-state index in [0.29, 0.717) is 17.5 Å². The smallest absolute Gasteiger partial charge is 0.0622 e. The van der Waals surface area contributed by atoms with Crippen LogP contribution < -0.4 is 0 Å². The fourth-order valence-corrected chi connectivity index (χ4v) is 2.37. The minimum absolute atomic E-state index is 0.345. The van der Waals surface area contributed by atoms with Crippen LogP contribution in [0.25, 0.3) is 0 Å². The zero-order valence-electron chi connectivity index (χ0n) is 9.81. The third-order valence-corrected chi connectivity index (χ3v) is 3.50. The number of nitrogens with zero attached hydrogens (tertiary/aromatic N) is 1. The van der Waals surface area contributed by atoms with E-state index in [1.807, 2.05) is 6.07 Å². The molecule has 0 amide bonds. The maximum absolute atomic E-state index is 9.95. The number of halogens is 1. The van der Waals surface area contributed by atoms with E-state index < -0.39 is 0 Å². The molecular weight excluding hydrogens is 238 g/mol. The molecule has 1 aromatic heterocycles. The molecule has 4 heteroatoms. The third kappa shape index (κ3) is 3.95. The maximum Gasteiger partial charge on any atom is 0.0622 e. The van der Waals surface area contributed by atoms with Gasteiger partial charge >= 0.3 is 0 Å². The molecule has 2 heterocycles. The topological polar surface area (TPSA) is 42.4 Å². The second-order valence-electron chi connectivity index (χ2n) is 4.54. The minimum atomic E-state index is -0.348. The molecule has 1 aliphatic heterocycles. The lowest BCUT2D eigenvalue weighted by molar-refractivity contribution is 0.0813. The van der Waals surface area contributed by atoms with Gasteiger partial charge in [0.05, 0.1) is 17.2 Å². The second kappa shape index (κ2) is 6.34. The van der Waals surface area contributed by atoms with E-state index in [-0.39, 0.29) is 6.10 Å². The van der Waals surface area contributed by atoms with Gasteiger partial charge in [0.25, 0.3) is 0 Å². The number of hydrogen-bond acceptors (Lipinski definition) is 3. The van der Waals surface area contributed by atoms with Gasteiger partial charge in [-0.15, -0.1) is 0 Å². The van der Waals surface area contributed by atoms with Gasteiger partial charge in [-0.1, -0.05) is 11.6 Å². The van der Waals surface area contributed by atoms with Crippen LogP contribution in [0.15, 0.2) is 18.5 Å². The SMILES string of the molecule is OC(CCC1CCCO1)Cc1ccncc1Cl. The van der Waals surface area contributed by atoms with Crippen molar-refractivity contribution in [2.75, 3.05) is 6.61 Å². The molecule has 0 saturated carbocycles. The van der Waals surface area contributed by atoms with Crippen molar-refractivity contribution in [3.05, 3.63) is 29.0 Å². The summed E-state index contributed by atoms with van der Waals surface area (Å²) in [5.41, 5.74) is 0.960. The minimum Gasteiger partial charge on any atom is -0.393 e. The van der Waals surface area contributed by atoms with Crippen molar-refractivity contribution in [1.82, 2.24) is 4.98 Å². The monoisotopic (exact) mass is 255 g/mol. The summed E-state index contributed by atoms with van der Waals surface area (Å²) in [7, 11) is 0. The highest BCUT2D eigenvalue weighted by atomic mass is 35.5. The Bertz CT molecular complexity index is 353. The predicted molar refractivity (Wildman–Crippen MR) is 67.2 cm³/mol. The molecule has 3 nitrogen and oxygen atoms in total. The van der Waals surface area contributed by atoms with Crippen molar-refractivity contribution in [1.29, 1.82) is 0 Å². The van der Waals surface area contributed by atoms with Crippen LogP contribution in [0.4, 0.5) is 0 Å². The molecule has 0 bridgehead atoms. The molecule has 17 heavy (non-hydrogen) atoms. The maximum atomic E-state index is 9.95. The van der Waals surface area contributed by atoms with Crippen molar-refractivity contribution in [3.63, 3.8) is 0 Å². The van der Waals surface area contributed by atoms with Crippen LogP contribution in [0.5, 0.6) is 0 Å². The van der Waals surface area contributed by atoms with Crippen LogP contribution in [0, 0.1) is 0 Å². The molecule has 2 atom stereocenters. The average molecular weight is 256 g/mol. The highest BCUT2D eigenvalue weighted by Gasteiger charge is 2.17. The summed E-state index contributed by atoms with van der Waals surface area (Å²) in [5, 5.41) is 10.6. The Hall–Kier alpha value is -0.640. The Morgan fingerprint density at radius 2 is 2.47 bits per heavy atom. The first-order valence-corrected chi connectivity index (χ1v) is 6.51. The van der Waals surface area contributed by atoms with Crippen LogP contribution in [-0.2, 0) is 11.2 Å². The molecular formula is C13H18ClNO2. The number of pyridine rings is 1. The van der Waals surface area contributed by atoms with E-state index in [4.69, 9.17) is 16.3 Å². The van der Waals surface area contributed by atoms with Gasteiger partial charge in [0.1, 0.15) is 0 Å². The predicted octanol–water partition coefficient (Wildman–Crippen LogP) is 2.60. The van der Waals surface area contributed by atoms with E-state index in [1.54, 1.807) is 12.4 Å². The van der Waals surface area contributed by atoms with Crippen molar-refractivity contribution in [2.24, 2.45) is 0 Å². The normalized spacial score (nSPS) is 21.6. The van der Waals surface area contributed by atoms with Crippen LogP contribution in [0.3, 0.4) is 0 Å². The number of aromatic nitrogens is 1. The van der Waals surface area contributed by atoms with E-state index in [1.165, 1.54) is 0 Å². The van der Waals surface area contributed by atoms with Gasteiger partial charge in [-0.3, -0.25) is 4.98 Å². The molecule has 2 rings (SSSR count). The molecule has 2 unspecified atom stereocenters. The van der Waals surface area contributed by atoms with Crippen LogP contribution in [0.1, 0.15) is 31.2 Å². The van der Waals surface area contributed by atoms with Gasteiger partial charge in [0.2, 0.25) is 0 Å². The number of rotatable bonds is 5. The average Bonchev–Trinajstić information content (AvgIpc) is 2.82. The lowest BCUT2D eigenvalue weighted by Crippen LogP contribution is -2.15. The Kier molecular flexibility index (Phi) is 4.77. The highest BCUT2D eigenvalue weighted by molar-refractivity contribution is 6.31. The van der Waals surface area contributed by atoms with E-state index in [0.717, 1.165) is 37.9 Å². The second-order valence-corrected chi connectivity index (χ2v) is 4.94. The Balaban J connectivity index is 1.76. The third-order valence-electron chi connectivity index (χ3n) is 3.16. The zero-order chi connectivity index (χ0) is 12.1. The molecule has 1 aliphatic rings. The quantitative estimate of drug-likeness (QED) is 0.880. The van der Waals surface area contributed by atoms with Gasteiger partial charge in [-0.2, -0.15) is 0 Å². The van der Waals surface area contributed by atoms with Gasteiger partial charge in [0, 0.05) is 19.0 Å². The molecule has 0 spiro atoms. The number of aliphatic hydroxyl groups excluding tert-OH is 1. The number of aliphatic hydroxyl groups is 1. The first-order valence-electron chi connectivity index (χ1n) is 6.14. The number of hydrogen-bond donors (Lipinski definition) is 1. The van der Waals surface area contributed by atoms with Crippen LogP contribution in [0.2, 0.25) is 5.02 Å². The summed E-state index contributed by atoms with van der Waals surface area (Å²) in [6.07, 6.45) is 7.88. The summed E-state index contributed by atoms with van der Waals surface area (Å²) in [4.78, 5) is 3.93. The molecule has 0 aliphatic carbocycles. The van der Waals surface area contributed by atoms with Crippen LogP contribution >= 0.6 is 11.6 Å². The van der Waals surface area contributed by atoms with Gasteiger partial charge < -0.3 is 9.84 Å². The standard InChI is InChI=1S/C13H18ClNO2/c14-13-9-15-6-5-10(13)8-11(16)3-4-12-2-1-7-17-12/h5-6,9,11-12,16H,1-4,7-8H2. The van der Waals surface area contributed by atoms with E-state index in [2.05, 4.69) is 4.98 Å². The molecule has 94 valence electrons. The Morgan fingerprint density at radius 1 is 1.59 bits per heavy atom. The van der Waals surface area contributed by atoms with Crippen LogP contribution in [-0.4, -0.2) is 28.9 Å². The van der Waals surface area contributed by atoms with Crippen molar-refractivity contribution < 1.29 is 9.84 Å². The fourth-order valence-electron chi connectivity index (χ4n) is 2.18. The Labute approximate surface area is 107 Å². The molecule has 0 radical (unpaired) electrons. The first kappa shape index (κ1) is 12.8. The Morgan fingerprint density at radius 3 is 3.18 bits per heavy atom.